The average Bonchev–Trinajstić information content (AvgIpc) is 2.25. The fourth-order valence-electron chi connectivity index (χ4n) is 2.44. The highest BCUT2D eigenvalue weighted by molar-refractivity contribution is 5.88. The molecule has 1 N–H and O–H groups in total. The number of nitrogens with zero attached hydrogens (tertiary/aromatic N) is 2. The van der Waals surface area contributed by atoms with Gasteiger partial charge >= 0.3 is 6.09 Å². The van der Waals surface area contributed by atoms with E-state index in [0.29, 0.717) is 25.7 Å². The molecular weight excluding hydrogens is 242 g/mol. The van der Waals surface area contributed by atoms with E-state index in [-0.39, 0.29) is 6.09 Å². The number of amides is 1. The summed E-state index contributed by atoms with van der Waals surface area (Å²) in [5, 5.41) is 3.43. The van der Waals surface area contributed by atoms with Gasteiger partial charge in [0.15, 0.2) is 0 Å². The van der Waals surface area contributed by atoms with Crippen molar-refractivity contribution in [3.05, 3.63) is 0 Å². The zero-order valence-corrected chi connectivity index (χ0v) is 12.4. The van der Waals surface area contributed by atoms with Crippen LogP contribution < -0.4 is 5.32 Å². The number of hydrogen-bond donors (Lipinski definition) is 1. The lowest BCUT2D eigenvalue weighted by Gasteiger charge is -2.36. The quantitative estimate of drug-likeness (QED) is 0.791. The first-order chi connectivity index (χ1) is 8.83. The molecular formula is C14H25N3O2. The summed E-state index contributed by atoms with van der Waals surface area (Å²) < 4.78 is 5.39. The number of aliphatic imine (C=N–C) groups is 1. The molecule has 1 aliphatic heterocycles. The van der Waals surface area contributed by atoms with Crippen LogP contribution in [0.4, 0.5) is 4.79 Å². The third kappa shape index (κ3) is 4.11. The van der Waals surface area contributed by atoms with Crippen LogP contribution >= 0.6 is 0 Å². The van der Waals surface area contributed by atoms with E-state index in [9.17, 15) is 4.79 Å². The second-order valence-electron chi connectivity index (χ2n) is 6.65. The molecule has 0 aromatic heterocycles. The Labute approximate surface area is 115 Å². The highest BCUT2D eigenvalue weighted by Crippen LogP contribution is 2.26. The minimum absolute atomic E-state index is 0.247. The van der Waals surface area contributed by atoms with Crippen molar-refractivity contribution in [2.45, 2.75) is 52.2 Å². The summed E-state index contributed by atoms with van der Waals surface area (Å²) in [6, 6.07) is 0.535. The van der Waals surface area contributed by atoms with E-state index >= 15 is 0 Å². The molecule has 2 rings (SSSR count). The third-order valence-corrected chi connectivity index (χ3v) is 3.41. The Hall–Kier alpha value is -1.26. The number of carbonyl (C=O) groups is 1. The Balaban J connectivity index is 1.82. The van der Waals surface area contributed by atoms with Gasteiger partial charge in [-0.15, -0.1) is 0 Å². The Morgan fingerprint density at radius 2 is 2.11 bits per heavy atom. The van der Waals surface area contributed by atoms with Gasteiger partial charge in [0.05, 0.1) is 13.1 Å². The monoisotopic (exact) mass is 267 g/mol. The molecule has 0 saturated heterocycles. The SMILES string of the molecule is CC1CC(NC2=NCCN(C(=O)OC(C)(C)C)C2)C1. The van der Waals surface area contributed by atoms with E-state index in [1.807, 2.05) is 20.8 Å². The van der Waals surface area contributed by atoms with Crippen molar-refractivity contribution in [2.75, 3.05) is 19.6 Å². The van der Waals surface area contributed by atoms with Gasteiger partial charge in [0.25, 0.3) is 0 Å². The van der Waals surface area contributed by atoms with Crippen LogP contribution in [0.5, 0.6) is 0 Å². The van der Waals surface area contributed by atoms with Crippen molar-refractivity contribution >= 4 is 11.9 Å². The summed E-state index contributed by atoms with van der Waals surface area (Å²) in [6.45, 7) is 9.76. The Kier molecular flexibility index (Phi) is 4.02. The largest absolute Gasteiger partial charge is 0.444 e. The molecule has 1 aliphatic carbocycles. The van der Waals surface area contributed by atoms with Gasteiger partial charge in [-0.2, -0.15) is 0 Å². The Bertz CT molecular complexity index is 367. The van der Waals surface area contributed by atoms with Crippen LogP contribution in [0.3, 0.4) is 0 Å². The Morgan fingerprint density at radius 3 is 2.68 bits per heavy atom. The lowest BCUT2D eigenvalue weighted by Crippen LogP contribution is -2.51. The first-order valence-corrected chi connectivity index (χ1v) is 7.11. The topological polar surface area (TPSA) is 53.9 Å². The maximum atomic E-state index is 12.0. The molecule has 1 amide bonds. The van der Waals surface area contributed by atoms with Crippen molar-refractivity contribution in [3.63, 3.8) is 0 Å². The molecule has 1 fully saturated rings. The Morgan fingerprint density at radius 1 is 1.42 bits per heavy atom. The van der Waals surface area contributed by atoms with Crippen molar-refractivity contribution in [1.82, 2.24) is 10.2 Å². The summed E-state index contributed by atoms with van der Waals surface area (Å²) in [6.07, 6.45) is 2.15. The van der Waals surface area contributed by atoms with Crippen LogP contribution in [0.15, 0.2) is 4.99 Å². The van der Waals surface area contributed by atoms with Gasteiger partial charge in [-0.05, 0) is 39.5 Å². The molecule has 2 aliphatic rings. The molecule has 0 unspecified atom stereocenters. The fraction of sp³-hybridized carbons (Fsp3) is 0.857. The maximum absolute atomic E-state index is 12.0. The van der Waals surface area contributed by atoms with E-state index in [0.717, 1.165) is 11.8 Å². The molecule has 108 valence electrons. The van der Waals surface area contributed by atoms with E-state index in [1.165, 1.54) is 12.8 Å². The molecule has 5 nitrogen and oxygen atoms in total. The van der Waals surface area contributed by atoms with Crippen molar-refractivity contribution in [3.8, 4) is 0 Å². The average molecular weight is 267 g/mol. The van der Waals surface area contributed by atoms with E-state index in [2.05, 4.69) is 17.2 Å². The normalized spacial score (nSPS) is 27.4. The van der Waals surface area contributed by atoms with Gasteiger partial charge in [0.2, 0.25) is 0 Å². The van der Waals surface area contributed by atoms with Gasteiger partial charge in [-0.3, -0.25) is 9.89 Å². The van der Waals surface area contributed by atoms with Crippen molar-refractivity contribution in [2.24, 2.45) is 10.9 Å². The van der Waals surface area contributed by atoms with Crippen LogP contribution in [-0.4, -0.2) is 48.1 Å². The second kappa shape index (κ2) is 5.39. The molecule has 0 radical (unpaired) electrons. The minimum Gasteiger partial charge on any atom is -0.444 e. The summed E-state index contributed by atoms with van der Waals surface area (Å²) in [7, 11) is 0. The van der Waals surface area contributed by atoms with E-state index in [4.69, 9.17) is 4.74 Å². The van der Waals surface area contributed by atoms with Crippen LogP contribution in [0.1, 0.15) is 40.5 Å². The number of rotatable bonds is 1. The zero-order chi connectivity index (χ0) is 14.0. The van der Waals surface area contributed by atoms with E-state index in [1.54, 1.807) is 4.90 Å². The van der Waals surface area contributed by atoms with Crippen molar-refractivity contribution < 1.29 is 9.53 Å². The minimum atomic E-state index is -0.442. The number of amidine groups is 1. The zero-order valence-electron chi connectivity index (χ0n) is 12.4. The predicted molar refractivity (Wildman–Crippen MR) is 75.4 cm³/mol. The molecule has 1 saturated carbocycles. The number of carbonyl (C=O) groups excluding carboxylic acids is 1. The number of hydrogen-bond acceptors (Lipinski definition) is 4. The summed E-state index contributed by atoms with van der Waals surface area (Å²) in [5.74, 6) is 1.73. The predicted octanol–water partition coefficient (Wildman–Crippen LogP) is 2.02. The van der Waals surface area contributed by atoms with Gasteiger partial charge in [0, 0.05) is 12.6 Å². The highest BCUT2D eigenvalue weighted by atomic mass is 16.6. The first-order valence-electron chi connectivity index (χ1n) is 7.11. The smallest absolute Gasteiger partial charge is 0.410 e. The standard InChI is InChI=1S/C14H25N3O2/c1-10-7-11(8-10)16-12-9-17(6-5-15-12)13(18)19-14(2,3)4/h10-11H,5-9H2,1-4H3,(H,15,16). The van der Waals surface area contributed by atoms with Crippen LogP contribution in [0, 0.1) is 5.92 Å². The number of nitrogens with one attached hydrogen (secondary N) is 1. The van der Waals surface area contributed by atoms with Gasteiger partial charge < -0.3 is 10.1 Å². The highest BCUT2D eigenvalue weighted by Gasteiger charge is 2.29. The van der Waals surface area contributed by atoms with Gasteiger partial charge in [-0.25, -0.2) is 4.79 Å². The second-order valence-corrected chi connectivity index (χ2v) is 6.65. The molecule has 0 bridgehead atoms. The van der Waals surface area contributed by atoms with Gasteiger partial charge in [0.1, 0.15) is 11.4 Å². The van der Waals surface area contributed by atoms with Crippen LogP contribution in [0.25, 0.3) is 0 Å². The van der Waals surface area contributed by atoms with E-state index < -0.39 is 5.60 Å². The summed E-state index contributed by atoms with van der Waals surface area (Å²) in [5.41, 5.74) is -0.442. The summed E-state index contributed by atoms with van der Waals surface area (Å²) >= 11 is 0. The van der Waals surface area contributed by atoms with Crippen LogP contribution in [0.2, 0.25) is 0 Å². The van der Waals surface area contributed by atoms with Crippen molar-refractivity contribution in [1.29, 1.82) is 0 Å². The van der Waals surface area contributed by atoms with Crippen LogP contribution in [-0.2, 0) is 4.74 Å². The van der Waals surface area contributed by atoms with Gasteiger partial charge in [-0.1, -0.05) is 6.92 Å². The molecule has 0 atom stereocenters. The molecule has 0 spiro atoms. The lowest BCUT2D eigenvalue weighted by atomic mass is 9.82. The first kappa shape index (κ1) is 14.2. The fourth-order valence-corrected chi connectivity index (χ4v) is 2.44. The third-order valence-electron chi connectivity index (χ3n) is 3.41. The molecule has 19 heavy (non-hydrogen) atoms. The summed E-state index contributed by atoms with van der Waals surface area (Å²) in [4.78, 5) is 18.2. The molecule has 5 heteroatoms. The number of ether oxygens (including phenoxy) is 1. The molecule has 1 heterocycles. The lowest BCUT2D eigenvalue weighted by molar-refractivity contribution is 0.0275. The maximum Gasteiger partial charge on any atom is 0.410 e. The molecule has 0 aromatic carbocycles. The molecule has 0 aromatic rings.